The first-order chi connectivity index (χ1) is 6.52. The van der Waals surface area contributed by atoms with Crippen LogP contribution in [0.5, 0.6) is 5.75 Å². The van der Waals surface area contributed by atoms with Crippen LogP contribution < -0.4 is 0 Å². The standard InChI is InChI=1S/C8H7FO3.C2H6/c1-4-2-7(10)5(8(11)12)3-6(4)9;1-2/h2-3,10H,1H3,(H,11,12);1-2H3. The molecule has 1 aromatic carbocycles. The second-order valence-corrected chi connectivity index (χ2v) is 2.42. The lowest BCUT2D eigenvalue weighted by Gasteiger charge is -2.01. The summed E-state index contributed by atoms with van der Waals surface area (Å²) in [4.78, 5) is 10.4. The first-order valence-electron chi connectivity index (χ1n) is 4.25. The van der Waals surface area contributed by atoms with Crippen molar-refractivity contribution in [1.29, 1.82) is 0 Å². The molecule has 0 unspecified atom stereocenters. The molecule has 0 aromatic heterocycles. The number of hydrogen-bond acceptors (Lipinski definition) is 2. The molecule has 0 spiro atoms. The molecule has 0 fully saturated rings. The third kappa shape index (κ3) is 2.73. The van der Waals surface area contributed by atoms with Gasteiger partial charge in [0.05, 0.1) is 0 Å². The molecule has 0 radical (unpaired) electrons. The van der Waals surface area contributed by atoms with Crippen LogP contribution in [0.2, 0.25) is 0 Å². The van der Waals surface area contributed by atoms with Gasteiger partial charge in [-0.2, -0.15) is 0 Å². The SMILES string of the molecule is CC.Cc1cc(O)c(C(=O)O)cc1F. The molecule has 0 aliphatic carbocycles. The number of aryl methyl sites for hydroxylation is 1. The Labute approximate surface area is 81.8 Å². The van der Waals surface area contributed by atoms with E-state index in [4.69, 9.17) is 10.2 Å². The lowest BCUT2D eigenvalue weighted by molar-refractivity contribution is 0.0693. The number of carboxylic acids is 1. The van der Waals surface area contributed by atoms with Crippen molar-refractivity contribution in [2.24, 2.45) is 0 Å². The zero-order chi connectivity index (χ0) is 11.3. The molecule has 0 amide bonds. The van der Waals surface area contributed by atoms with Crippen molar-refractivity contribution in [3.8, 4) is 5.75 Å². The third-order valence-electron chi connectivity index (χ3n) is 1.51. The minimum Gasteiger partial charge on any atom is -0.507 e. The summed E-state index contributed by atoms with van der Waals surface area (Å²) in [6.07, 6.45) is 0. The van der Waals surface area contributed by atoms with Crippen molar-refractivity contribution in [2.45, 2.75) is 20.8 Å². The molecular formula is C10H13FO3. The van der Waals surface area contributed by atoms with E-state index in [9.17, 15) is 9.18 Å². The second-order valence-electron chi connectivity index (χ2n) is 2.42. The Morgan fingerprint density at radius 3 is 2.29 bits per heavy atom. The van der Waals surface area contributed by atoms with Gasteiger partial charge in [0, 0.05) is 0 Å². The van der Waals surface area contributed by atoms with E-state index < -0.39 is 23.1 Å². The minimum atomic E-state index is -1.34. The van der Waals surface area contributed by atoms with Gasteiger partial charge in [0.25, 0.3) is 0 Å². The van der Waals surface area contributed by atoms with Crippen molar-refractivity contribution < 1.29 is 19.4 Å². The van der Waals surface area contributed by atoms with Gasteiger partial charge in [-0.1, -0.05) is 13.8 Å². The zero-order valence-corrected chi connectivity index (χ0v) is 8.34. The summed E-state index contributed by atoms with van der Waals surface area (Å²) >= 11 is 0. The Kier molecular flexibility index (Phi) is 4.63. The van der Waals surface area contributed by atoms with E-state index in [2.05, 4.69) is 0 Å². The van der Waals surface area contributed by atoms with Gasteiger partial charge in [-0.25, -0.2) is 9.18 Å². The maximum atomic E-state index is 12.7. The Bertz CT molecular complexity index is 334. The fourth-order valence-electron chi connectivity index (χ4n) is 0.838. The fourth-order valence-corrected chi connectivity index (χ4v) is 0.838. The molecule has 0 bridgehead atoms. The van der Waals surface area contributed by atoms with Crippen LogP contribution in [-0.2, 0) is 0 Å². The van der Waals surface area contributed by atoms with Crippen LogP contribution >= 0.6 is 0 Å². The molecule has 1 rings (SSSR count). The van der Waals surface area contributed by atoms with Crippen LogP contribution in [0.4, 0.5) is 4.39 Å². The average molecular weight is 200 g/mol. The molecule has 0 atom stereocenters. The molecule has 0 aliphatic heterocycles. The van der Waals surface area contributed by atoms with Crippen LogP contribution in [0.15, 0.2) is 12.1 Å². The van der Waals surface area contributed by atoms with E-state index in [1.165, 1.54) is 6.92 Å². The monoisotopic (exact) mass is 200 g/mol. The fraction of sp³-hybridized carbons (Fsp3) is 0.300. The van der Waals surface area contributed by atoms with Crippen LogP contribution in [0.3, 0.4) is 0 Å². The van der Waals surface area contributed by atoms with Crippen molar-refractivity contribution >= 4 is 5.97 Å². The molecule has 0 aliphatic rings. The van der Waals surface area contributed by atoms with E-state index in [1.54, 1.807) is 0 Å². The average Bonchev–Trinajstić information content (AvgIpc) is 2.14. The molecular weight excluding hydrogens is 187 g/mol. The van der Waals surface area contributed by atoms with E-state index in [-0.39, 0.29) is 5.56 Å². The quantitative estimate of drug-likeness (QED) is 0.732. The molecule has 4 heteroatoms. The zero-order valence-electron chi connectivity index (χ0n) is 8.34. The third-order valence-corrected chi connectivity index (χ3v) is 1.51. The van der Waals surface area contributed by atoms with E-state index in [0.29, 0.717) is 0 Å². The largest absolute Gasteiger partial charge is 0.507 e. The van der Waals surface area contributed by atoms with Gasteiger partial charge in [-0.15, -0.1) is 0 Å². The number of phenols is 1. The Morgan fingerprint density at radius 1 is 1.36 bits per heavy atom. The maximum absolute atomic E-state index is 12.7. The Balaban J connectivity index is 0.000000791. The second kappa shape index (κ2) is 5.21. The van der Waals surface area contributed by atoms with Crippen LogP contribution in [-0.4, -0.2) is 16.2 Å². The summed E-state index contributed by atoms with van der Waals surface area (Å²) in [5, 5.41) is 17.5. The van der Waals surface area contributed by atoms with Gasteiger partial charge in [0.15, 0.2) is 0 Å². The van der Waals surface area contributed by atoms with Crippen LogP contribution in [0.1, 0.15) is 29.8 Å². The highest BCUT2D eigenvalue weighted by atomic mass is 19.1. The van der Waals surface area contributed by atoms with Crippen LogP contribution in [0, 0.1) is 12.7 Å². The first kappa shape index (κ1) is 12.4. The van der Waals surface area contributed by atoms with Gasteiger partial charge in [0.2, 0.25) is 0 Å². The number of hydrogen-bond donors (Lipinski definition) is 2. The topological polar surface area (TPSA) is 57.5 Å². The predicted octanol–water partition coefficient (Wildman–Crippen LogP) is 2.56. The van der Waals surface area contributed by atoms with Crippen LogP contribution in [0.25, 0.3) is 0 Å². The van der Waals surface area contributed by atoms with E-state index in [1.807, 2.05) is 13.8 Å². The smallest absolute Gasteiger partial charge is 0.339 e. The highest BCUT2D eigenvalue weighted by molar-refractivity contribution is 5.90. The number of aromatic carboxylic acids is 1. The highest BCUT2D eigenvalue weighted by Gasteiger charge is 2.11. The summed E-state index contributed by atoms with van der Waals surface area (Å²) in [5.41, 5.74) is -0.199. The van der Waals surface area contributed by atoms with Crippen molar-refractivity contribution in [3.63, 3.8) is 0 Å². The number of carbonyl (C=O) groups is 1. The molecule has 14 heavy (non-hydrogen) atoms. The summed E-state index contributed by atoms with van der Waals surface area (Å²) in [6, 6.07) is 1.88. The van der Waals surface area contributed by atoms with Crippen molar-refractivity contribution in [2.75, 3.05) is 0 Å². The lowest BCUT2D eigenvalue weighted by atomic mass is 10.1. The molecule has 0 saturated carbocycles. The van der Waals surface area contributed by atoms with E-state index in [0.717, 1.165) is 12.1 Å². The van der Waals surface area contributed by atoms with Gasteiger partial charge >= 0.3 is 5.97 Å². The summed E-state index contributed by atoms with van der Waals surface area (Å²) in [7, 11) is 0. The first-order valence-corrected chi connectivity index (χ1v) is 4.25. The summed E-state index contributed by atoms with van der Waals surface area (Å²) in [6.45, 7) is 5.45. The minimum absolute atomic E-state index is 0.220. The number of aromatic hydroxyl groups is 1. The lowest BCUT2D eigenvalue weighted by Crippen LogP contribution is -1.98. The number of carboxylic acid groups (broad SMARTS) is 1. The van der Waals surface area contributed by atoms with Crippen molar-refractivity contribution in [3.05, 3.63) is 29.1 Å². The maximum Gasteiger partial charge on any atom is 0.339 e. The molecule has 3 nitrogen and oxygen atoms in total. The Hall–Kier alpha value is -1.58. The highest BCUT2D eigenvalue weighted by Crippen LogP contribution is 2.20. The molecule has 0 saturated heterocycles. The normalized spacial score (nSPS) is 8.86. The molecule has 0 heterocycles. The van der Waals surface area contributed by atoms with Gasteiger partial charge in [-0.05, 0) is 24.6 Å². The van der Waals surface area contributed by atoms with E-state index >= 15 is 0 Å². The number of halogens is 1. The van der Waals surface area contributed by atoms with Crippen molar-refractivity contribution in [1.82, 2.24) is 0 Å². The molecule has 2 N–H and O–H groups in total. The predicted molar refractivity (Wildman–Crippen MR) is 51.1 cm³/mol. The Morgan fingerprint density at radius 2 is 1.86 bits per heavy atom. The number of benzene rings is 1. The summed E-state index contributed by atoms with van der Waals surface area (Å²) < 4.78 is 12.7. The summed E-state index contributed by atoms with van der Waals surface area (Å²) in [5.74, 6) is -2.39. The number of rotatable bonds is 1. The molecule has 1 aromatic rings. The van der Waals surface area contributed by atoms with Gasteiger partial charge in [0.1, 0.15) is 17.1 Å². The van der Waals surface area contributed by atoms with Gasteiger partial charge < -0.3 is 10.2 Å². The van der Waals surface area contributed by atoms with Gasteiger partial charge in [-0.3, -0.25) is 0 Å². The molecule has 78 valence electrons.